The fourth-order valence-electron chi connectivity index (χ4n) is 1.84. The number of rotatable bonds is 4. The summed E-state index contributed by atoms with van der Waals surface area (Å²) >= 11 is 4.98. The van der Waals surface area contributed by atoms with E-state index in [1.165, 1.54) is 18.2 Å². The summed E-state index contributed by atoms with van der Waals surface area (Å²) in [7, 11) is 1.56. The molecule has 0 fully saturated rings. The molecular weight excluding hydrogens is 315 g/mol. The molecule has 0 saturated heterocycles. The molecule has 6 heteroatoms. The van der Waals surface area contributed by atoms with E-state index in [9.17, 15) is 9.18 Å². The molecule has 0 aliphatic rings. The number of nitrogens with one attached hydrogen (secondary N) is 2. The summed E-state index contributed by atoms with van der Waals surface area (Å²) in [5, 5.41) is 5.10. The van der Waals surface area contributed by atoms with Gasteiger partial charge >= 0.3 is 0 Å². The van der Waals surface area contributed by atoms with Crippen molar-refractivity contribution in [3.63, 3.8) is 0 Å². The summed E-state index contributed by atoms with van der Waals surface area (Å²) in [6, 6.07) is 13.3. The molecule has 2 aromatic carbocycles. The molecule has 4 nitrogen and oxygen atoms in total. The van der Waals surface area contributed by atoms with E-state index in [4.69, 9.17) is 17.0 Å². The minimum Gasteiger partial charge on any atom is -0.496 e. The third-order valence-electron chi connectivity index (χ3n) is 2.91. The fraction of sp³-hybridized carbons (Fsp3) is 0.0588. The van der Waals surface area contributed by atoms with E-state index in [1.54, 1.807) is 31.4 Å². The molecule has 0 aromatic heterocycles. The lowest BCUT2D eigenvalue weighted by Gasteiger charge is -2.08. The Morgan fingerprint density at radius 1 is 1.17 bits per heavy atom. The molecule has 118 valence electrons. The van der Waals surface area contributed by atoms with Gasteiger partial charge in [0.1, 0.15) is 11.6 Å². The maximum atomic E-state index is 13.5. The molecule has 0 saturated carbocycles. The molecule has 0 aliphatic heterocycles. The highest BCUT2D eigenvalue weighted by atomic mass is 32.1. The van der Waals surface area contributed by atoms with Crippen molar-refractivity contribution in [3.05, 3.63) is 66.0 Å². The van der Waals surface area contributed by atoms with Crippen molar-refractivity contribution < 1.29 is 13.9 Å². The van der Waals surface area contributed by atoms with Crippen LogP contribution >= 0.6 is 12.2 Å². The van der Waals surface area contributed by atoms with Gasteiger partial charge in [0, 0.05) is 11.6 Å². The van der Waals surface area contributed by atoms with E-state index < -0.39 is 11.7 Å². The quantitative estimate of drug-likeness (QED) is 0.667. The van der Waals surface area contributed by atoms with Crippen molar-refractivity contribution in [3.8, 4) is 5.75 Å². The van der Waals surface area contributed by atoms with Crippen LogP contribution in [0.1, 0.15) is 5.56 Å². The monoisotopic (exact) mass is 330 g/mol. The first-order valence-electron chi connectivity index (χ1n) is 6.77. The number of hydrogen-bond acceptors (Lipinski definition) is 3. The fourth-order valence-corrected chi connectivity index (χ4v) is 2.05. The summed E-state index contributed by atoms with van der Waals surface area (Å²) in [5.74, 6) is -0.220. The number of amides is 1. The molecule has 1 amide bonds. The number of ether oxygens (including phenoxy) is 1. The van der Waals surface area contributed by atoms with Crippen LogP contribution in [0.15, 0.2) is 54.6 Å². The van der Waals surface area contributed by atoms with Crippen molar-refractivity contribution in [2.24, 2.45) is 0 Å². The van der Waals surface area contributed by atoms with Crippen LogP contribution in [0.3, 0.4) is 0 Å². The molecule has 2 aromatic rings. The first-order valence-corrected chi connectivity index (χ1v) is 7.18. The number of methoxy groups -OCH3 is 1. The van der Waals surface area contributed by atoms with Crippen molar-refractivity contribution in [1.29, 1.82) is 0 Å². The van der Waals surface area contributed by atoms with Gasteiger partial charge < -0.3 is 10.1 Å². The number of anilines is 1. The topological polar surface area (TPSA) is 50.4 Å². The van der Waals surface area contributed by atoms with Gasteiger partial charge in [0.2, 0.25) is 5.91 Å². The molecule has 0 bridgehead atoms. The number of carbonyl (C=O) groups is 1. The van der Waals surface area contributed by atoms with Gasteiger partial charge in [-0.25, -0.2) is 4.39 Å². The predicted molar refractivity (Wildman–Crippen MR) is 92.8 cm³/mol. The Balaban J connectivity index is 1.95. The molecule has 0 unspecified atom stereocenters. The zero-order valence-electron chi connectivity index (χ0n) is 12.4. The lowest BCUT2D eigenvalue weighted by molar-refractivity contribution is -0.115. The van der Waals surface area contributed by atoms with Gasteiger partial charge in [-0.2, -0.15) is 0 Å². The molecule has 0 spiro atoms. The molecular formula is C17H15FN2O2S. The summed E-state index contributed by atoms with van der Waals surface area (Å²) in [5.41, 5.74) is 0.963. The van der Waals surface area contributed by atoms with E-state index in [1.807, 2.05) is 18.2 Å². The number of thiocarbonyl (C=S) groups is 1. The highest BCUT2D eigenvalue weighted by Gasteiger charge is 2.05. The summed E-state index contributed by atoms with van der Waals surface area (Å²) in [4.78, 5) is 11.8. The van der Waals surface area contributed by atoms with Crippen LogP contribution in [0.5, 0.6) is 5.75 Å². The van der Waals surface area contributed by atoms with Crippen molar-refractivity contribution in [2.75, 3.05) is 12.4 Å². The Bertz CT molecular complexity index is 747. The number of halogens is 1. The van der Waals surface area contributed by atoms with E-state index in [-0.39, 0.29) is 10.8 Å². The smallest absolute Gasteiger partial charge is 0.250 e. The third-order valence-corrected chi connectivity index (χ3v) is 3.12. The lowest BCUT2D eigenvalue weighted by atomic mass is 10.2. The van der Waals surface area contributed by atoms with Crippen LogP contribution < -0.4 is 15.4 Å². The Morgan fingerprint density at radius 2 is 1.87 bits per heavy atom. The van der Waals surface area contributed by atoms with Gasteiger partial charge in [0.05, 0.1) is 12.8 Å². The van der Waals surface area contributed by atoms with E-state index in [0.717, 1.165) is 5.56 Å². The van der Waals surface area contributed by atoms with Crippen LogP contribution in [0.25, 0.3) is 6.08 Å². The van der Waals surface area contributed by atoms with Crippen LogP contribution in [0, 0.1) is 5.82 Å². The third kappa shape index (κ3) is 4.89. The minimum absolute atomic E-state index is 0.0183. The predicted octanol–water partition coefficient (Wildman–Crippen LogP) is 3.36. The first kappa shape index (κ1) is 16.6. The molecule has 23 heavy (non-hydrogen) atoms. The Morgan fingerprint density at radius 3 is 2.61 bits per heavy atom. The summed E-state index contributed by atoms with van der Waals surface area (Å²) in [6.07, 6.45) is 2.94. The standard InChI is InChI=1S/C17H15FN2O2S/c1-22-15-9-5-2-6-12(15)10-11-16(21)20-17(23)19-14-8-4-3-7-13(14)18/h2-11H,1H3,(H2,19,20,21,23). The number of para-hydroxylation sites is 2. The Hall–Kier alpha value is -2.73. The van der Waals surface area contributed by atoms with Gasteiger partial charge in [0.15, 0.2) is 5.11 Å². The van der Waals surface area contributed by atoms with Crippen LogP contribution in [0.2, 0.25) is 0 Å². The second-order valence-electron chi connectivity index (χ2n) is 4.50. The van der Waals surface area contributed by atoms with Gasteiger partial charge in [-0.3, -0.25) is 10.1 Å². The van der Waals surface area contributed by atoms with Gasteiger partial charge in [-0.05, 0) is 36.5 Å². The number of hydrogen-bond donors (Lipinski definition) is 2. The van der Waals surface area contributed by atoms with Crippen LogP contribution in [-0.4, -0.2) is 18.1 Å². The number of carbonyl (C=O) groups excluding carboxylic acids is 1. The SMILES string of the molecule is COc1ccccc1C=CC(=O)NC(=S)Nc1ccccc1F. The van der Waals surface area contributed by atoms with Gasteiger partial charge in [-0.1, -0.05) is 30.3 Å². The average molecular weight is 330 g/mol. The zero-order chi connectivity index (χ0) is 16.7. The van der Waals surface area contributed by atoms with E-state index in [0.29, 0.717) is 5.75 Å². The summed E-state index contributed by atoms with van der Waals surface area (Å²) in [6.45, 7) is 0. The zero-order valence-corrected chi connectivity index (χ0v) is 13.2. The normalized spacial score (nSPS) is 10.3. The maximum absolute atomic E-state index is 13.5. The minimum atomic E-state index is -0.450. The summed E-state index contributed by atoms with van der Waals surface area (Å²) < 4.78 is 18.7. The molecule has 2 rings (SSSR count). The van der Waals surface area contributed by atoms with E-state index in [2.05, 4.69) is 10.6 Å². The number of benzene rings is 2. The van der Waals surface area contributed by atoms with E-state index >= 15 is 0 Å². The van der Waals surface area contributed by atoms with Crippen LogP contribution in [-0.2, 0) is 4.79 Å². The molecule has 0 atom stereocenters. The molecule has 0 aliphatic carbocycles. The first-order chi connectivity index (χ1) is 11.1. The van der Waals surface area contributed by atoms with Gasteiger partial charge in [-0.15, -0.1) is 0 Å². The van der Waals surface area contributed by atoms with Crippen molar-refractivity contribution in [1.82, 2.24) is 5.32 Å². The van der Waals surface area contributed by atoms with Crippen molar-refractivity contribution >= 4 is 35.0 Å². The Labute approximate surface area is 139 Å². The highest BCUT2D eigenvalue weighted by molar-refractivity contribution is 7.80. The lowest BCUT2D eigenvalue weighted by Crippen LogP contribution is -2.33. The Kier molecular flexibility index (Phi) is 5.82. The van der Waals surface area contributed by atoms with Crippen LogP contribution in [0.4, 0.5) is 10.1 Å². The second kappa shape index (κ2) is 8.05. The maximum Gasteiger partial charge on any atom is 0.250 e. The highest BCUT2D eigenvalue weighted by Crippen LogP contribution is 2.18. The molecule has 0 heterocycles. The van der Waals surface area contributed by atoms with Crippen molar-refractivity contribution in [2.45, 2.75) is 0 Å². The van der Waals surface area contributed by atoms with Gasteiger partial charge in [0.25, 0.3) is 0 Å². The largest absolute Gasteiger partial charge is 0.496 e. The molecule has 2 N–H and O–H groups in total. The second-order valence-corrected chi connectivity index (χ2v) is 4.91. The average Bonchev–Trinajstić information content (AvgIpc) is 2.55. The molecule has 0 radical (unpaired) electrons.